The number of nitrogens with zero attached hydrogens (tertiary/aromatic N) is 2. The average molecular weight is 295 g/mol. The third kappa shape index (κ3) is 6.80. The topological polar surface area (TPSA) is 51.3 Å². The summed E-state index contributed by atoms with van der Waals surface area (Å²) in [7, 11) is 0. The average Bonchev–Trinajstić information content (AvgIpc) is 2.41. The minimum absolute atomic E-state index is 0.174. The molecule has 1 heterocycles. The fraction of sp³-hybridized carbons (Fsp3) is 0.429. The zero-order chi connectivity index (χ0) is 14.1. The lowest BCUT2D eigenvalue weighted by Crippen LogP contribution is -2.24. The van der Waals surface area contributed by atoms with E-state index < -0.39 is 0 Å². The van der Waals surface area contributed by atoms with Gasteiger partial charge in [0.2, 0.25) is 0 Å². The number of aromatic nitrogens is 1. The van der Waals surface area contributed by atoms with Gasteiger partial charge in [0.15, 0.2) is 0 Å². The molecule has 1 rings (SSSR count). The number of pyridine rings is 1. The molecule has 3 nitrogen and oxygen atoms in total. The molecule has 0 aliphatic carbocycles. The lowest BCUT2D eigenvalue weighted by molar-refractivity contribution is 0.674. The first-order valence-corrected chi connectivity index (χ1v) is 8.38. The van der Waals surface area contributed by atoms with Crippen molar-refractivity contribution in [1.82, 2.24) is 4.98 Å². The minimum atomic E-state index is 0.174. The lowest BCUT2D eigenvalue weighted by Gasteiger charge is -2.11. The van der Waals surface area contributed by atoms with E-state index in [0.29, 0.717) is 0 Å². The zero-order valence-corrected chi connectivity index (χ0v) is 13.1. The van der Waals surface area contributed by atoms with Crippen LogP contribution in [0.5, 0.6) is 0 Å². The molecule has 0 radical (unpaired) electrons. The molecule has 0 amide bonds. The van der Waals surface area contributed by atoms with Crippen LogP contribution in [0.25, 0.3) is 0 Å². The Morgan fingerprint density at radius 2 is 2.37 bits per heavy atom. The fourth-order valence-corrected chi connectivity index (χ4v) is 3.12. The highest BCUT2D eigenvalue weighted by Crippen LogP contribution is 2.17. The maximum Gasteiger partial charge on any atom is 0.129 e. The van der Waals surface area contributed by atoms with Crippen LogP contribution in [0.3, 0.4) is 0 Å². The molecule has 0 spiro atoms. The molecule has 2 N–H and O–H groups in total. The first-order valence-electron chi connectivity index (χ1n) is 6.17. The van der Waals surface area contributed by atoms with Gasteiger partial charge in [-0.1, -0.05) is 24.4 Å². The summed E-state index contributed by atoms with van der Waals surface area (Å²) >= 11 is 3.32. The van der Waals surface area contributed by atoms with Crippen LogP contribution in [0.2, 0.25) is 0 Å². The third-order valence-corrected chi connectivity index (χ3v) is 4.78. The maximum absolute atomic E-state index is 6.13. The highest BCUT2D eigenvalue weighted by Gasteiger charge is 2.06. The van der Waals surface area contributed by atoms with Gasteiger partial charge in [0.05, 0.1) is 0 Å². The van der Waals surface area contributed by atoms with E-state index in [0.717, 1.165) is 23.0 Å². The van der Waals surface area contributed by atoms with Crippen molar-refractivity contribution >= 4 is 27.9 Å². The van der Waals surface area contributed by atoms with Gasteiger partial charge in [-0.25, -0.2) is 4.99 Å². The van der Waals surface area contributed by atoms with Crippen LogP contribution in [0.4, 0.5) is 0 Å². The Labute approximate surface area is 124 Å². The highest BCUT2D eigenvalue weighted by atomic mass is 32.2. The number of nitrogens with two attached hydrogens (primary N) is 1. The monoisotopic (exact) mass is 295 g/mol. The van der Waals surface area contributed by atoms with Gasteiger partial charge in [-0.15, -0.1) is 11.8 Å². The smallest absolute Gasteiger partial charge is 0.129 e. The van der Waals surface area contributed by atoms with Crippen LogP contribution < -0.4 is 5.73 Å². The molecule has 0 aromatic carbocycles. The predicted octanol–water partition coefficient (Wildman–Crippen LogP) is 3.25. The van der Waals surface area contributed by atoms with Crippen molar-refractivity contribution in [2.45, 2.75) is 25.8 Å². The molecule has 0 saturated carbocycles. The summed E-state index contributed by atoms with van der Waals surface area (Å²) in [5.74, 6) is 0.882. The highest BCUT2D eigenvalue weighted by molar-refractivity contribution is 8.38. The van der Waals surface area contributed by atoms with E-state index in [1.54, 1.807) is 29.7 Å². The fourth-order valence-electron chi connectivity index (χ4n) is 1.59. The van der Waals surface area contributed by atoms with Crippen molar-refractivity contribution in [3.05, 3.63) is 42.4 Å². The third-order valence-electron chi connectivity index (χ3n) is 2.53. The number of hydrogen-bond donors (Lipinski definition) is 1. The first kappa shape index (κ1) is 16.3. The van der Waals surface area contributed by atoms with Gasteiger partial charge in [-0.05, 0) is 37.1 Å². The van der Waals surface area contributed by atoms with Gasteiger partial charge in [0.1, 0.15) is 4.38 Å². The van der Waals surface area contributed by atoms with Gasteiger partial charge in [-0.2, -0.15) is 0 Å². The van der Waals surface area contributed by atoms with E-state index in [1.165, 1.54) is 11.1 Å². The van der Waals surface area contributed by atoms with Crippen LogP contribution in [0.1, 0.15) is 17.5 Å². The molecule has 0 saturated heterocycles. The molecular formula is C14H21N3S2. The van der Waals surface area contributed by atoms with Crippen LogP contribution in [-0.4, -0.2) is 27.4 Å². The van der Waals surface area contributed by atoms with Crippen LogP contribution in [0.15, 0.2) is 36.2 Å². The van der Waals surface area contributed by atoms with E-state index >= 15 is 0 Å². The largest absolute Gasteiger partial charge is 0.327 e. The number of rotatable bonds is 6. The Morgan fingerprint density at radius 1 is 1.58 bits per heavy atom. The Bertz CT molecular complexity index is 432. The van der Waals surface area contributed by atoms with Crippen molar-refractivity contribution < 1.29 is 0 Å². The van der Waals surface area contributed by atoms with E-state index in [-0.39, 0.29) is 6.04 Å². The van der Waals surface area contributed by atoms with E-state index in [2.05, 4.69) is 29.5 Å². The number of aliphatic imine (C=N–C) groups is 1. The van der Waals surface area contributed by atoms with Crippen molar-refractivity contribution in [1.29, 1.82) is 0 Å². The van der Waals surface area contributed by atoms with Crippen LogP contribution in [-0.2, 0) is 6.42 Å². The molecule has 0 fully saturated rings. The first-order chi connectivity index (χ1) is 9.15. The molecule has 0 aliphatic heterocycles. The normalized spacial score (nSPS) is 13.3. The van der Waals surface area contributed by atoms with E-state index in [1.807, 2.05) is 18.6 Å². The van der Waals surface area contributed by atoms with Crippen molar-refractivity contribution in [2.75, 3.05) is 12.0 Å². The molecule has 1 aromatic rings. The second kappa shape index (κ2) is 9.18. The second-order valence-electron chi connectivity index (χ2n) is 4.26. The van der Waals surface area contributed by atoms with Gasteiger partial charge in [0, 0.05) is 30.4 Å². The Kier molecular flexibility index (Phi) is 7.86. The van der Waals surface area contributed by atoms with E-state index in [4.69, 9.17) is 5.73 Å². The number of aryl methyl sites for hydroxylation is 2. The molecular weight excluding hydrogens is 274 g/mol. The summed E-state index contributed by atoms with van der Waals surface area (Å²) in [6.07, 6.45) is 9.31. The summed E-state index contributed by atoms with van der Waals surface area (Å²) in [5, 5.41) is 0. The molecule has 1 unspecified atom stereocenters. The molecule has 19 heavy (non-hydrogen) atoms. The van der Waals surface area contributed by atoms with Crippen molar-refractivity contribution in [3.63, 3.8) is 0 Å². The Morgan fingerprint density at radius 3 is 3.00 bits per heavy atom. The molecule has 0 bridgehead atoms. The number of hydrogen-bond acceptors (Lipinski definition) is 5. The van der Waals surface area contributed by atoms with Crippen LogP contribution in [0, 0.1) is 6.92 Å². The summed E-state index contributed by atoms with van der Waals surface area (Å²) in [6, 6.07) is 2.34. The molecule has 1 aromatic heterocycles. The lowest BCUT2D eigenvalue weighted by atomic mass is 10.1. The van der Waals surface area contributed by atoms with Gasteiger partial charge >= 0.3 is 0 Å². The zero-order valence-electron chi connectivity index (χ0n) is 11.5. The quantitative estimate of drug-likeness (QED) is 0.646. The predicted molar refractivity (Wildman–Crippen MR) is 88.9 cm³/mol. The Balaban J connectivity index is 2.33. The maximum atomic E-state index is 6.13. The van der Waals surface area contributed by atoms with Gasteiger partial charge < -0.3 is 5.73 Å². The number of thioether (sulfide) groups is 2. The molecule has 104 valence electrons. The SMILES string of the molecule is C=CN=C(SC)SCC(N)CCc1cncc(C)c1. The Hall–Kier alpha value is -0.780. The van der Waals surface area contributed by atoms with Crippen molar-refractivity contribution in [2.24, 2.45) is 10.7 Å². The second-order valence-corrected chi connectivity index (χ2v) is 6.32. The summed E-state index contributed by atoms with van der Waals surface area (Å²) in [4.78, 5) is 8.38. The molecule has 1 atom stereocenters. The van der Waals surface area contributed by atoms with Gasteiger partial charge in [0.25, 0.3) is 0 Å². The summed E-state index contributed by atoms with van der Waals surface area (Å²) in [5.41, 5.74) is 8.58. The van der Waals surface area contributed by atoms with Crippen molar-refractivity contribution in [3.8, 4) is 0 Å². The van der Waals surface area contributed by atoms with Gasteiger partial charge in [-0.3, -0.25) is 4.98 Å². The summed E-state index contributed by atoms with van der Waals surface area (Å²) in [6.45, 7) is 5.67. The molecule has 5 heteroatoms. The van der Waals surface area contributed by atoms with E-state index in [9.17, 15) is 0 Å². The summed E-state index contributed by atoms with van der Waals surface area (Å²) < 4.78 is 1.02. The standard InChI is InChI=1S/C14H21N3S2/c1-4-17-14(18-3)19-10-13(15)6-5-12-7-11(2)8-16-9-12/h4,7-9,13H,1,5-6,10,15H2,2-3H3. The minimum Gasteiger partial charge on any atom is -0.327 e. The van der Waals surface area contributed by atoms with Crippen LogP contribution >= 0.6 is 23.5 Å². The molecule has 0 aliphatic rings.